The number of carbonyl (C=O) groups is 2. The summed E-state index contributed by atoms with van der Waals surface area (Å²) in [7, 11) is 4.15. The minimum atomic E-state index is -0.394. The molecule has 2 aliphatic heterocycles. The van der Waals surface area contributed by atoms with Gasteiger partial charge < -0.3 is 19.5 Å². The van der Waals surface area contributed by atoms with Gasteiger partial charge in [0.25, 0.3) is 0 Å². The molecule has 7 heteroatoms. The number of hydrogen-bond acceptors (Lipinski definition) is 4. The topological polar surface area (TPSA) is 68.9 Å². The third-order valence-electron chi connectivity index (χ3n) is 6.82. The first-order valence-electron chi connectivity index (χ1n) is 12.4. The van der Waals surface area contributed by atoms with Crippen molar-refractivity contribution in [1.29, 1.82) is 0 Å². The van der Waals surface area contributed by atoms with Crippen LogP contribution in [-0.2, 0) is 14.9 Å². The van der Waals surface area contributed by atoms with Gasteiger partial charge in [0.2, 0.25) is 0 Å². The first kappa shape index (κ1) is 24.3. The van der Waals surface area contributed by atoms with Crippen LogP contribution in [0.5, 0.6) is 0 Å². The van der Waals surface area contributed by atoms with E-state index >= 15 is 0 Å². The molecule has 1 atom stereocenters. The van der Waals surface area contributed by atoms with Gasteiger partial charge in [0.05, 0.1) is 17.9 Å². The van der Waals surface area contributed by atoms with Gasteiger partial charge >= 0.3 is 12.0 Å². The van der Waals surface area contributed by atoms with Gasteiger partial charge in [-0.1, -0.05) is 39.0 Å². The highest BCUT2D eigenvalue weighted by molar-refractivity contribution is 6.18. The lowest BCUT2D eigenvalue weighted by atomic mass is 9.82. The number of carbonyl (C=O) groups excluding carboxylic acids is 2. The van der Waals surface area contributed by atoms with Crippen molar-refractivity contribution in [2.75, 3.05) is 46.9 Å². The number of hydrogen-bond donors (Lipinski definition) is 1. The largest absolute Gasteiger partial charge is 0.462 e. The summed E-state index contributed by atoms with van der Waals surface area (Å²) in [6, 6.07) is 8.07. The van der Waals surface area contributed by atoms with E-state index in [2.05, 4.69) is 43.9 Å². The molecule has 3 heterocycles. The number of amides is 2. The van der Waals surface area contributed by atoms with E-state index in [1.54, 1.807) is 11.1 Å². The second kappa shape index (κ2) is 9.82. The normalized spacial score (nSPS) is 20.2. The molecule has 1 aromatic heterocycles. The van der Waals surface area contributed by atoms with Crippen LogP contribution in [0.15, 0.2) is 30.5 Å². The molecule has 1 N–H and O–H groups in total. The lowest BCUT2D eigenvalue weighted by Gasteiger charge is -2.38. The van der Waals surface area contributed by atoms with Crippen molar-refractivity contribution in [3.63, 3.8) is 0 Å². The molecular formula is C27H38N4O3. The minimum absolute atomic E-state index is 0.0354. The average molecular weight is 467 g/mol. The number of nitrogens with one attached hydrogen (secondary N) is 1. The van der Waals surface area contributed by atoms with Gasteiger partial charge in [-0.2, -0.15) is 0 Å². The molecule has 2 aliphatic rings. The molecule has 7 nitrogen and oxygen atoms in total. The number of piperidine rings is 1. The van der Waals surface area contributed by atoms with Crippen molar-refractivity contribution < 1.29 is 14.3 Å². The van der Waals surface area contributed by atoms with Gasteiger partial charge in [0.15, 0.2) is 0 Å². The van der Waals surface area contributed by atoms with Crippen molar-refractivity contribution in [3.8, 4) is 0 Å². The smallest absolute Gasteiger partial charge is 0.341 e. The number of benzene rings is 1. The van der Waals surface area contributed by atoms with Crippen molar-refractivity contribution in [2.45, 2.75) is 45.4 Å². The molecular weight excluding hydrogens is 428 g/mol. The van der Waals surface area contributed by atoms with E-state index in [9.17, 15) is 9.59 Å². The number of likely N-dealkylation sites (tertiary alicyclic amines) is 1. The highest BCUT2D eigenvalue weighted by Crippen LogP contribution is 2.40. The molecule has 0 radical (unpaired) electrons. The summed E-state index contributed by atoms with van der Waals surface area (Å²) >= 11 is 0. The number of para-hydroxylation sites is 1. The molecule has 4 rings (SSSR count). The Bertz CT molecular complexity index is 1080. The molecule has 34 heavy (non-hydrogen) atoms. The Labute approximate surface area is 202 Å². The molecule has 0 bridgehead atoms. The third-order valence-corrected chi connectivity index (χ3v) is 6.82. The SMILES string of the molecule is CCCOC(=O)C1=CN(C(=O)N2CCCC(CN(C)C)C2)CC(C)(C)c2c1[nH]c1ccccc21. The number of urea groups is 1. The molecule has 1 fully saturated rings. The highest BCUT2D eigenvalue weighted by Gasteiger charge is 2.38. The first-order valence-corrected chi connectivity index (χ1v) is 12.4. The lowest BCUT2D eigenvalue weighted by molar-refractivity contribution is -0.136. The van der Waals surface area contributed by atoms with E-state index < -0.39 is 5.97 Å². The van der Waals surface area contributed by atoms with Crippen LogP contribution in [0, 0.1) is 5.92 Å². The maximum Gasteiger partial charge on any atom is 0.341 e. The van der Waals surface area contributed by atoms with Crippen LogP contribution < -0.4 is 0 Å². The minimum Gasteiger partial charge on any atom is -0.462 e. The second-order valence-electron chi connectivity index (χ2n) is 10.6. The standard InChI is InChI=1S/C27H38N4O3/c1-6-14-34-25(32)21-17-31(26(33)30-13-9-10-19(16-30)15-29(4)5)18-27(2,3)23-20-11-7-8-12-22(20)28-24(21)23/h7-8,11-12,17,19,28H,6,9-10,13-16,18H2,1-5H3. The highest BCUT2D eigenvalue weighted by atomic mass is 16.5. The molecule has 2 aromatic rings. The zero-order valence-electron chi connectivity index (χ0n) is 21.2. The number of aromatic nitrogens is 1. The number of fused-ring (bicyclic) bond motifs is 3. The molecule has 1 saturated heterocycles. The predicted molar refractivity (Wildman–Crippen MR) is 136 cm³/mol. The van der Waals surface area contributed by atoms with Crippen LogP contribution in [0.3, 0.4) is 0 Å². The van der Waals surface area contributed by atoms with Crippen molar-refractivity contribution in [1.82, 2.24) is 19.7 Å². The quantitative estimate of drug-likeness (QED) is 0.661. The second-order valence-corrected chi connectivity index (χ2v) is 10.6. The average Bonchev–Trinajstić information content (AvgIpc) is 3.14. The number of ether oxygens (including phenoxy) is 1. The Morgan fingerprint density at radius 1 is 1.24 bits per heavy atom. The fourth-order valence-corrected chi connectivity index (χ4v) is 5.45. The Balaban J connectivity index is 1.73. The summed E-state index contributed by atoms with van der Waals surface area (Å²) < 4.78 is 5.56. The van der Waals surface area contributed by atoms with Crippen LogP contribution in [0.2, 0.25) is 0 Å². The summed E-state index contributed by atoms with van der Waals surface area (Å²) in [4.78, 5) is 36.3. The fourth-order valence-electron chi connectivity index (χ4n) is 5.45. The molecule has 184 valence electrons. The number of rotatable bonds is 5. The van der Waals surface area contributed by atoms with Gasteiger partial charge in [-0.25, -0.2) is 9.59 Å². The lowest BCUT2D eigenvalue weighted by Crippen LogP contribution is -2.49. The Morgan fingerprint density at radius 2 is 2.00 bits per heavy atom. The maximum absolute atomic E-state index is 13.8. The Kier molecular flexibility index (Phi) is 7.03. The number of esters is 1. The van der Waals surface area contributed by atoms with Crippen molar-refractivity contribution in [3.05, 3.63) is 41.7 Å². The summed E-state index contributed by atoms with van der Waals surface area (Å²) in [5, 5.41) is 1.08. The van der Waals surface area contributed by atoms with Crippen LogP contribution in [0.25, 0.3) is 16.5 Å². The molecule has 0 saturated carbocycles. The van der Waals surface area contributed by atoms with Crippen LogP contribution >= 0.6 is 0 Å². The van der Waals surface area contributed by atoms with E-state index in [0.29, 0.717) is 24.6 Å². The zero-order chi connectivity index (χ0) is 24.5. The van der Waals surface area contributed by atoms with Gasteiger partial charge in [0, 0.05) is 48.7 Å². The molecule has 2 amide bonds. The van der Waals surface area contributed by atoms with Gasteiger partial charge in [-0.05, 0) is 50.9 Å². The molecule has 1 aromatic carbocycles. The van der Waals surface area contributed by atoms with Gasteiger partial charge in [0.1, 0.15) is 0 Å². The van der Waals surface area contributed by atoms with E-state index in [4.69, 9.17) is 4.74 Å². The fraction of sp³-hybridized carbons (Fsp3) is 0.556. The predicted octanol–water partition coefficient (Wildman–Crippen LogP) is 4.45. The zero-order valence-corrected chi connectivity index (χ0v) is 21.2. The Hall–Kier alpha value is -2.80. The third kappa shape index (κ3) is 4.85. The monoisotopic (exact) mass is 466 g/mol. The molecule has 0 aliphatic carbocycles. The van der Waals surface area contributed by atoms with Gasteiger partial charge in [-0.15, -0.1) is 0 Å². The summed E-state index contributed by atoms with van der Waals surface area (Å²) in [5.41, 5.74) is 2.85. The van der Waals surface area contributed by atoms with Crippen LogP contribution in [0.4, 0.5) is 4.79 Å². The van der Waals surface area contributed by atoms with Gasteiger partial charge in [-0.3, -0.25) is 4.90 Å². The number of aromatic amines is 1. The first-order chi connectivity index (χ1) is 16.2. The summed E-state index contributed by atoms with van der Waals surface area (Å²) in [5.74, 6) is 0.0663. The van der Waals surface area contributed by atoms with E-state index in [0.717, 1.165) is 61.1 Å². The van der Waals surface area contributed by atoms with E-state index in [-0.39, 0.29) is 11.4 Å². The van der Waals surface area contributed by atoms with E-state index in [1.165, 1.54) is 0 Å². The number of H-pyrrole nitrogens is 1. The Morgan fingerprint density at radius 3 is 2.74 bits per heavy atom. The molecule has 0 spiro atoms. The van der Waals surface area contributed by atoms with Crippen molar-refractivity contribution in [2.24, 2.45) is 5.92 Å². The summed E-state index contributed by atoms with van der Waals surface area (Å²) in [6.45, 7) is 9.56. The van der Waals surface area contributed by atoms with Crippen molar-refractivity contribution >= 4 is 28.5 Å². The number of nitrogens with zero attached hydrogens (tertiary/aromatic N) is 3. The summed E-state index contributed by atoms with van der Waals surface area (Å²) in [6.07, 6.45) is 4.60. The van der Waals surface area contributed by atoms with E-state index in [1.807, 2.05) is 30.0 Å². The maximum atomic E-state index is 13.8. The molecule has 1 unspecified atom stereocenters. The van der Waals surface area contributed by atoms with Crippen LogP contribution in [0.1, 0.15) is 51.3 Å². The van der Waals surface area contributed by atoms with Crippen LogP contribution in [-0.4, -0.2) is 78.6 Å².